The minimum Gasteiger partial charge on any atom is -0.466 e. The molecule has 0 aliphatic carbocycles. The number of carbonyl (C=O) groups excluding carboxylic acids is 1. The van der Waals surface area contributed by atoms with Crippen LogP contribution in [0, 0.1) is 0 Å². The molecule has 1 aromatic heterocycles. The number of esters is 1. The normalized spacial score (nSPS) is 16.5. The monoisotopic (exact) mass is 446 g/mol. The highest BCUT2D eigenvalue weighted by Gasteiger charge is 2.32. The topological polar surface area (TPSA) is 60.7 Å². The van der Waals surface area contributed by atoms with Gasteiger partial charge >= 0.3 is 5.97 Å². The van der Waals surface area contributed by atoms with Crippen LogP contribution in [0.3, 0.4) is 0 Å². The fourth-order valence-electron chi connectivity index (χ4n) is 3.87. The Labute approximate surface area is 191 Å². The van der Waals surface area contributed by atoms with Gasteiger partial charge in [0.15, 0.2) is 4.80 Å². The van der Waals surface area contributed by atoms with E-state index in [-0.39, 0.29) is 11.0 Å². The summed E-state index contributed by atoms with van der Waals surface area (Å²) in [5.41, 5.74) is 3.86. The molecule has 4 rings (SSSR count). The first-order valence-electron chi connectivity index (χ1n) is 10.5. The van der Waals surface area contributed by atoms with Crippen molar-refractivity contribution in [3.8, 4) is 0 Å². The van der Waals surface area contributed by atoms with Crippen molar-refractivity contribution < 1.29 is 9.53 Å². The number of hydrogen-bond donors (Lipinski definition) is 0. The molecule has 3 aromatic rings. The van der Waals surface area contributed by atoms with Gasteiger partial charge in [0.05, 0.1) is 29.0 Å². The van der Waals surface area contributed by atoms with Gasteiger partial charge in [-0.1, -0.05) is 86.7 Å². The van der Waals surface area contributed by atoms with Gasteiger partial charge in [-0.2, -0.15) is 0 Å². The van der Waals surface area contributed by atoms with E-state index in [0.717, 1.165) is 11.1 Å². The molecule has 6 heteroatoms. The molecule has 0 saturated heterocycles. The maximum absolute atomic E-state index is 13.5. The van der Waals surface area contributed by atoms with Gasteiger partial charge in [-0.3, -0.25) is 9.36 Å². The molecule has 0 amide bonds. The summed E-state index contributed by atoms with van der Waals surface area (Å²) < 4.78 is 7.21. The lowest BCUT2D eigenvalue weighted by atomic mass is 9.87. The van der Waals surface area contributed by atoms with E-state index >= 15 is 0 Å². The Kier molecular flexibility index (Phi) is 5.73. The van der Waals surface area contributed by atoms with E-state index in [0.29, 0.717) is 20.6 Å². The van der Waals surface area contributed by atoms with Crippen LogP contribution >= 0.6 is 11.3 Å². The van der Waals surface area contributed by atoms with Crippen molar-refractivity contribution in [2.24, 2.45) is 4.99 Å². The zero-order valence-corrected chi connectivity index (χ0v) is 19.7. The largest absolute Gasteiger partial charge is 0.466 e. The first-order valence-corrected chi connectivity index (χ1v) is 11.3. The van der Waals surface area contributed by atoms with E-state index in [1.54, 1.807) is 11.5 Å². The van der Waals surface area contributed by atoms with Crippen LogP contribution in [0.2, 0.25) is 0 Å². The second kappa shape index (κ2) is 8.36. The molecule has 164 valence electrons. The van der Waals surface area contributed by atoms with Crippen LogP contribution in [0.4, 0.5) is 0 Å². The molecule has 1 aliphatic heterocycles. The molecule has 0 N–H and O–H groups in total. The maximum atomic E-state index is 13.5. The maximum Gasteiger partial charge on any atom is 0.338 e. The van der Waals surface area contributed by atoms with Gasteiger partial charge in [0.25, 0.3) is 5.56 Å². The molecular weight excluding hydrogens is 420 g/mol. The summed E-state index contributed by atoms with van der Waals surface area (Å²) in [5.74, 6) is -0.479. The van der Waals surface area contributed by atoms with Crippen molar-refractivity contribution in [1.29, 1.82) is 0 Å². The van der Waals surface area contributed by atoms with E-state index in [1.165, 1.54) is 24.0 Å². The minimum absolute atomic E-state index is 0.0648. The molecule has 0 unspecified atom stereocenters. The van der Waals surface area contributed by atoms with E-state index in [4.69, 9.17) is 4.74 Å². The summed E-state index contributed by atoms with van der Waals surface area (Å²) in [4.78, 5) is 31.3. The van der Waals surface area contributed by atoms with Crippen LogP contribution in [0.5, 0.6) is 0 Å². The van der Waals surface area contributed by atoms with E-state index < -0.39 is 12.0 Å². The molecule has 2 aromatic carbocycles. The molecule has 32 heavy (non-hydrogen) atoms. The highest BCUT2D eigenvalue weighted by Crippen LogP contribution is 2.30. The third-order valence-electron chi connectivity index (χ3n) is 5.62. The number of thiazole rings is 1. The number of methoxy groups -OCH3 is 1. The second-order valence-electron chi connectivity index (χ2n) is 8.86. The fraction of sp³-hybridized carbons (Fsp3) is 0.269. The number of allylic oxidation sites excluding steroid dienone is 1. The van der Waals surface area contributed by atoms with Crippen LogP contribution in [0.25, 0.3) is 6.08 Å². The van der Waals surface area contributed by atoms with Crippen molar-refractivity contribution in [1.82, 2.24) is 4.57 Å². The van der Waals surface area contributed by atoms with Crippen LogP contribution < -0.4 is 14.9 Å². The lowest BCUT2D eigenvalue weighted by Crippen LogP contribution is -2.39. The third-order valence-corrected chi connectivity index (χ3v) is 6.60. The lowest BCUT2D eigenvalue weighted by molar-refractivity contribution is -0.136. The fourth-order valence-corrected chi connectivity index (χ4v) is 4.92. The summed E-state index contributed by atoms with van der Waals surface area (Å²) in [6, 6.07) is 17.2. The number of fused-ring (bicyclic) bond motifs is 1. The van der Waals surface area contributed by atoms with Crippen molar-refractivity contribution in [2.45, 2.75) is 39.2 Å². The smallest absolute Gasteiger partial charge is 0.338 e. The molecule has 2 heterocycles. The molecule has 0 radical (unpaired) electrons. The van der Waals surface area contributed by atoms with Crippen molar-refractivity contribution in [3.63, 3.8) is 0 Å². The first kappa shape index (κ1) is 22.0. The van der Waals surface area contributed by atoms with Crippen LogP contribution in [-0.4, -0.2) is 17.6 Å². The lowest BCUT2D eigenvalue weighted by Gasteiger charge is -2.24. The molecule has 0 saturated carbocycles. The Hall–Kier alpha value is -3.25. The minimum atomic E-state index is -0.578. The standard InChI is InChI=1S/C26H26N2O3S/c1-16-21(24(30)31-5)22(18-9-7-6-8-10-18)28-23(29)20(32-25(28)27-16)15-17-11-13-19(14-12-17)26(2,3)4/h6-15,22H,1-5H3/b20-15+/t22-/m1/s1. The Balaban J connectivity index is 1.89. The van der Waals surface area contributed by atoms with Gasteiger partial charge in [-0.15, -0.1) is 0 Å². The number of ether oxygens (including phenoxy) is 1. The molecule has 5 nitrogen and oxygen atoms in total. The van der Waals surface area contributed by atoms with Gasteiger partial charge in [0.2, 0.25) is 0 Å². The van der Waals surface area contributed by atoms with Gasteiger partial charge in [0, 0.05) is 0 Å². The Bertz CT molecular complexity index is 1370. The van der Waals surface area contributed by atoms with Gasteiger partial charge < -0.3 is 4.74 Å². The van der Waals surface area contributed by atoms with Crippen LogP contribution in [0.15, 0.2) is 75.7 Å². The molecule has 1 atom stereocenters. The van der Waals surface area contributed by atoms with Gasteiger partial charge in [-0.25, -0.2) is 9.79 Å². The zero-order chi connectivity index (χ0) is 23.0. The quantitative estimate of drug-likeness (QED) is 0.577. The predicted octanol–water partition coefficient (Wildman–Crippen LogP) is 3.71. The molecule has 1 aliphatic rings. The third kappa shape index (κ3) is 3.98. The highest BCUT2D eigenvalue weighted by atomic mass is 32.1. The number of aromatic nitrogens is 1. The second-order valence-corrected chi connectivity index (χ2v) is 9.87. The SMILES string of the molecule is COC(=O)C1=C(C)N=c2s/c(=C/c3ccc(C(C)(C)C)cc3)c(=O)n2[C@@H]1c1ccccc1. The Morgan fingerprint density at radius 3 is 2.34 bits per heavy atom. The van der Waals surface area contributed by atoms with E-state index in [9.17, 15) is 9.59 Å². The molecule has 0 fully saturated rings. The molecular formula is C26H26N2O3S. The number of nitrogens with zero attached hydrogens (tertiary/aromatic N) is 2. The summed E-state index contributed by atoms with van der Waals surface area (Å²) in [5, 5.41) is 0. The van der Waals surface area contributed by atoms with Crippen molar-refractivity contribution in [2.75, 3.05) is 7.11 Å². The van der Waals surface area contributed by atoms with Gasteiger partial charge in [0.1, 0.15) is 0 Å². The van der Waals surface area contributed by atoms with Crippen molar-refractivity contribution in [3.05, 3.63) is 102 Å². The van der Waals surface area contributed by atoms with Crippen LogP contribution in [-0.2, 0) is 14.9 Å². The summed E-state index contributed by atoms with van der Waals surface area (Å²) >= 11 is 1.33. The van der Waals surface area contributed by atoms with Crippen LogP contribution in [0.1, 0.15) is 50.4 Å². The summed E-state index contributed by atoms with van der Waals surface area (Å²) in [7, 11) is 1.34. The van der Waals surface area contributed by atoms with Crippen molar-refractivity contribution >= 4 is 23.4 Å². The highest BCUT2D eigenvalue weighted by molar-refractivity contribution is 7.07. The Morgan fingerprint density at radius 2 is 1.75 bits per heavy atom. The first-order chi connectivity index (χ1) is 15.2. The summed E-state index contributed by atoms with van der Waals surface area (Å²) in [6.07, 6.45) is 1.88. The van der Waals surface area contributed by atoms with Gasteiger partial charge in [-0.05, 0) is 35.1 Å². The van der Waals surface area contributed by atoms with E-state index in [2.05, 4.69) is 37.9 Å². The average Bonchev–Trinajstić information content (AvgIpc) is 3.07. The Morgan fingerprint density at radius 1 is 1.09 bits per heavy atom. The van der Waals surface area contributed by atoms with E-state index in [1.807, 2.05) is 48.5 Å². The predicted molar refractivity (Wildman–Crippen MR) is 127 cm³/mol. The summed E-state index contributed by atoms with van der Waals surface area (Å²) in [6.45, 7) is 8.30. The number of benzene rings is 2. The molecule has 0 spiro atoms. The molecule has 0 bridgehead atoms. The number of rotatable bonds is 3. The number of carbonyl (C=O) groups is 1. The zero-order valence-electron chi connectivity index (χ0n) is 18.9. The average molecular weight is 447 g/mol. The number of hydrogen-bond acceptors (Lipinski definition) is 5.